The lowest BCUT2D eigenvalue weighted by atomic mass is 10.1. The van der Waals surface area contributed by atoms with Crippen molar-refractivity contribution in [3.63, 3.8) is 0 Å². The average molecular weight is 387 g/mol. The minimum atomic E-state index is -0.399. The van der Waals surface area contributed by atoms with Gasteiger partial charge in [0.1, 0.15) is 5.01 Å². The second-order valence-electron chi connectivity index (χ2n) is 7.10. The van der Waals surface area contributed by atoms with Gasteiger partial charge in [0.05, 0.1) is 24.7 Å². The quantitative estimate of drug-likeness (QED) is 0.828. The van der Waals surface area contributed by atoms with Crippen LogP contribution in [0.4, 0.5) is 0 Å². The lowest BCUT2D eigenvalue weighted by Gasteiger charge is -2.38. The summed E-state index contributed by atoms with van der Waals surface area (Å²) >= 11 is 1.58. The lowest BCUT2D eigenvalue weighted by molar-refractivity contribution is -0.139. The number of amides is 2. The lowest BCUT2D eigenvalue weighted by Crippen LogP contribution is -2.58. The third kappa shape index (κ3) is 4.73. The number of nitrogens with one attached hydrogen (secondary N) is 1. The Morgan fingerprint density at radius 1 is 1.37 bits per heavy atom. The molecule has 0 radical (unpaired) electrons. The van der Waals surface area contributed by atoms with Crippen LogP contribution in [0.2, 0.25) is 0 Å². The normalized spacial score (nSPS) is 17.8. The van der Waals surface area contributed by atoms with Crippen LogP contribution in [-0.2, 0) is 16.1 Å². The van der Waals surface area contributed by atoms with E-state index in [9.17, 15) is 9.59 Å². The first-order valence-corrected chi connectivity index (χ1v) is 10.1. The number of piperazine rings is 1. The topological polar surface area (TPSA) is 65.5 Å². The van der Waals surface area contributed by atoms with Gasteiger partial charge in [-0.05, 0) is 13.8 Å². The first-order chi connectivity index (χ1) is 13.0. The predicted molar refractivity (Wildman–Crippen MR) is 107 cm³/mol. The molecule has 1 aliphatic heterocycles. The van der Waals surface area contributed by atoms with Crippen molar-refractivity contribution in [3.8, 4) is 10.6 Å². The van der Waals surface area contributed by atoms with Gasteiger partial charge in [0, 0.05) is 37.1 Å². The molecule has 0 saturated carbocycles. The first-order valence-electron chi connectivity index (χ1n) is 9.23. The molecule has 1 fully saturated rings. The monoisotopic (exact) mass is 386 g/mol. The zero-order valence-electron chi connectivity index (χ0n) is 16.0. The van der Waals surface area contributed by atoms with Crippen LogP contribution in [-0.4, -0.2) is 58.8 Å². The highest BCUT2D eigenvalue weighted by atomic mass is 32.1. The summed E-state index contributed by atoms with van der Waals surface area (Å²) in [5.74, 6) is -0.103. The van der Waals surface area contributed by atoms with E-state index in [2.05, 4.69) is 29.0 Å². The Balaban J connectivity index is 1.62. The summed E-state index contributed by atoms with van der Waals surface area (Å²) in [4.78, 5) is 33.4. The van der Waals surface area contributed by atoms with E-state index in [-0.39, 0.29) is 24.3 Å². The summed E-state index contributed by atoms with van der Waals surface area (Å²) in [5.41, 5.74) is 1.94. The molecule has 6 nitrogen and oxygen atoms in total. The second-order valence-corrected chi connectivity index (χ2v) is 7.96. The molecule has 2 heterocycles. The predicted octanol–water partition coefficient (Wildman–Crippen LogP) is 2.37. The Bertz CT molecular complexity index is 790. The van der Waals surface area contributed by atoms with E-state index in [1.807, 2.05) is 35.7 Å². The van der Waals surface area contributed by atoms with Crippen LogP contribution in [0.5, 0.6) is 0 Å². The van der Waals surface area contributed by atoms with Gasteiger partial charge in [-0.3, -0.25) is 14.5 Å². The van der Waals surface area contributed by atoms with E-state index >= 15 is 0 Å². The van der Waals surface area contributed by atoms with Crippen molar-refractivity contribution in [2.45, 2.75) is 38.9 Å². The van der Waals surface area contributed by atoms with Gasteiger partial charge >= 0.3 is 0 Å². The third-order valence-corrected chi connectivity index (χ3v) is 5.74. The molecule has 1 atom stereocenters. The Morgan fingerprint density at radius 3 is 2.81 bits per heavy atom. The molecular formula is C20H26N4O2S. The van der Waals surface area contributed by atoms with Gasteiger partial charge in [0.25, 0.3) is 0 Å². The summed E-state index contributed by atoms with van der Waals surface area (Å²) in [7, 11) is 1.77. The van der Waals surface area contributed by atoms with Crippen molar-refractivity contribution >= 4 is 23.2 Å². The van der Waals surface area contributed by atoms with E-state index in [0.29, 0.717) is 13.1 Å². The van der Waals surface area contributed by atoms with Crippen molar-refractivity contribution in [1.29, 1.82) is 0 Å². The fourth-order valence-corrected chi connectivity index (χ4v) is 4.12. The third-order valence-electron chi connectivity index (χ3n) is 4.80. The number of hydrogen-bond acceptors (Lipinski definition) is 5. The molecule has 1 saturated heterocycles. The number of rotatable bonds is 6. The maximum absolute atomic E-state index is 12.7. The summed E-state index contributed by atoms with van der Waals surface area (Å²) in [6, 6.07) is 9.84. The number of thiazole rings is 1. The van der Waals surface area contributed by atoms with Crippen LogP contribution in [0.15, 0.2) is 35.7 Å². The van der Waals surface area contributed by atoms with Crippen LogP contribution in [0.3, 0.4) is 0 Å². The molecule has 0 unspecified atom stereocenters. The number of carbonyl (C=O) groups is 2. The molecule has 1 aromatic heterocycles. The number of benzene rings is 1. The molecule has 144 valence electrons. The molecule has 2 amide bonds. The number of nitrogens with zero attached hydrogens (tertiary/aromatic N) is 3. The maximum atomic E-state index is 12.7. The molecule has 1 aliphatic rings. The van der Waals surface area contributed by atoms with Crippen LogP contribution < -0.4 is 5.32 Å². The van der Waals surface area contributed by atoms with Crippen LogP contribution in [0.25, 0.3) is 10.6 Å². The molecular weight excluding hydrogens is 360 g/mol. The average Bonchev–Trinajstić information content (AvgIpc) is 3.12. The second kappa shape index (κ2) is 8.63. The van der Waals surface area contributed by atoms with E-state index in [0.717, 1.165) is 22.8 Å². The molecule has 3 rings (SSSR count). The SMILES string of the molecule is CC(C)N1CCNC(=O)[C@H]1CC(=O)N(C)Cc1csc(-c2ccccc2)n1. The highest BCUT2D eigenvalue weighted by Gasteiger charge is 2.33. The summed E-state index contributed by atoms with van der Waals surface area (Å²) in [5, 5.41) is 5.80. The van der Waals surface area contributed by atoms with Gasteiger partial charge in [-0.15, -0.1) is 11.3 Å². The molecule has 1 N–H and O–H groups in total. The van der Waals surface area contributed by atoms with Crippen molar-refractivity contribution in [3.05, 3.63) is 41.4 Å². The van der Waals surface area contributed by atoms with Gasteiger partial charge in [-0.2, -0.15) is 0 Å². The largest absolute Gasteiger partial charge is 0.353 e. The van der Waals surface area contributed by atoms with Gasteiger partial charge in [0.2, 0.25) is 11.8 Å². The van der Waals surface area contributed by atoms with E-state index in [1.54, 1.807) is 23.3 Å². The van der Waals surface area contributed by atoms with Crippen LogP contribution in [0.1, 0.15) is 26.0 Å². The minimum absolute atomic E-state index is 0.0445. The van der Waals surface area contributed by atoms with Gasteiger partial charge in [0.15, 0.2) is 0 Å². The van der Waals surface area contributed by atoms with E-state index in [1.165, 1.54) is 0 Å². The molecule has 2 aromatic rings. The van der Waals surface area contributed by atoms with Crippen molar-refractivity contribution in [2.24, 2.45) is 0 Å². The number of hydrogen-bond donors (Lipinski definition) is 1. The molecule has 7 heteroatoms. The molecule has 0 spiro atoms. The first kappa shape index (κ1) is 19.5. The molecule has 0 bridgehead atoms. The van der Waals surface area contributed by atoms with E-state index < -0.39 is 6.04 Å². The molecule has 1 aromatic carbocycles. The maximum Gasteiger partial charge on any atom is 0.237 e. The zero-order valence-corrected chi connectivity index (χ0v) is 16.8. The summed E-state index contributed by atoms with van der Waals surface area (Å²) < 4.78 is 0. The van der Waals surface area contributed by atoms with Crippen LogP contribution >= 0.6 is 11.3 Å². The summed E-state index contributed by atoms with van der Waals surface area (Å²) in [6.45, 7) is 5.97. The molecule has 27 heavy (non-hydrogen) atoms. The number of carbonyl (C=O) groups excluding carboxylic acids is 2. The Kier molecular flexibility index (Phi) is 6.23. The number of aromatic nitrogens is 1. The summed E-state index contributed by atoms with van der Waals surface area (Å²) in [6.07, 6.45) is 0.191. The minimum Gasteiger partial charge on any atom is -0.353 e. The van der Waals surface area contributed by atoms with Crippen molar-refractivity contribution in [1.82, 2.24) is 20.1 Å². The Labute approximate surface area is 164 Å². The highest BCUT2D eigenvalue weighted by molar-refractivity contribution is 7.13. The Morgan fingerprint density at radius 2 is 2.11 bits per heavy atom. The standard InChI is InChI=1S/C20H26N4O2S/c1-14(2)24-10-9-21-19(26)17(24)11-18(25)23(3)12-16-13-27-20(22-16)15-7-5-4-6-8-15/h4-8,13-14,17H,9-12H2,1-3H3,(H,21,26)/t17-/m1/s1. The fourth-order valence-electron chi connectivity index (χ4n) is 3.31. The molecule has 0 aliphatic carbocycles. The Hall–Kier alpha value is -2.25. The van der Waals surface area contributed by atoms with Gasteiger partial charge in [-0.25, -0.2) is 4.98 Å². The zero-order chi connectivity index (χ0) is 19.4. The smallest absolute Gasteiger partial charge is 0.237 e. The van der Waals surface area contributed by atoms with Crippen molar-refractivity contribution in [2.75, 3.05) is 20.1 Å². The van der Waals surface area contributed by atoms with Gasteiger partial charge < -0.3 is 10.2 Å². The van der Waals surface area contributed by atoms with Crippen molar-refractivity contribution < 1.29 is 9.59 Å². The fraction of sp³-hybridized carbons (Fsp3) is 0.450. The van der Waals surface area contributed by atoms with Crippen LogP contribution in [0, 0.1) is 0 Å². The van der Waals surface area contributed by atoms with E-state index in [4.69, 9.17) is 0 Å². The highest BCUT2D eigenvalue weighted by Crippen LogP contribution is 2.24. The van der Waals surface area contributed by atoms with Gasteiger partial charge in [-0.1, -0.05) is 30.3 Å².